The summed E-state index contributed by atoms with van der Waals surface area (Å²) in [7, 11) is 0. The van der Waals surface area contributed by atoms with Crippen molar-refractivity contribution in [2.45, 2.75) is 25.8 Å². The molecule has 1 aliphatic carbocycles. The van der Waals surface area contributed by atoms with Crippen LogP contribution in [0.5, 0.6) is 0 Å². The second-order valence-electron chi connectivity index (χ2n) is 7.68. The Kier molecular flexibility index (Phi) is 6.23. The van der Waals surface area contributed by atoms with Crippen LogP contribution in [-0.2, 0) is 4.79 Å². The molecule has 3 aromatic rings. The molecule has 4 rings (SSSR count). The number of aromatic nitrogens is 2. The predicted molar refractivity (Wildman–Crippen MR) is 125 cm³/mol. The Hall–Kier alpha value is -3.65. The van der Waals surface area contributed by atoms with E-state index in [1.165, 1.54) is 6.20 Å². The van der Waals surface area contributed by atoms with Crippen molar-refractivity contribution in [3.8, 4) is 0 Å². The first-order chi connectivity index (χ1) is 15.4. The first-order valence-corrected chi connectivity index (χ1v) is 10.6. The van der Waals surface area contributed by atoms with Gasteiger partial charge >= 0.3 is 0 Å². The summed E-state index contributed by atoms with van der Waals surface area (Å²) in [5.41, 5.74) is 7.87. The molecule has 164 valence electrons. The lowest BCUT2D eigenvalue weighted by molar-refractivity contribution is -0.117. The van der Waals surface area contributed by atoms with E-state index in [1.807, 2.05) is 37.3 Å². The zero-order chi connectivity index (χ0) is 22.7. The molecule has 2 aromatic carbocycles. The molecule has 1 unspecified atom stereocenters. The molecule has 32 heavy (non-hydrogen) atoms. The average Bonchev–Trinajstić information content (AvgIpc) is 3.62. The van der Waals surface area contributed by atoms with Gasteiger partial charge in [-0.1, -0.05) is 41.9 Å². The second kappa shape index (κ2) is 9.23. The highest BCUT2D eigenvalue weighted by molar-refractivity contribution is 6.33. The molecule has 0 radical (unpaired) electrons. The van der Waals surface area contributed by atoms with Crippen LogP contribution in [0.2, 0.25) is 5.02 Å². The van der Waals surface area contributed by atoms with Crippen molar-refractivity contribution in [2.75, 3.05) is 16.0 Å². The molecule has 8 nitrogen and oxygen atoms in total. The summed E-state index contributed by atoms with van der Waals surface area (Å²) in [4.78, 5) is 32.6. The number of hydrogen-bond acceptors (Lipinski definition) is 6. The Labute approximate surface area is 190 Å². The van der Waals surface area contributed by atoms with Crippen molar-refractivity contribution in [3.63, 3.8) is 0 Å². The number of nitrogens with zero attached hydrogens (tertiary/aromatic N) is 2. The third-order valence-electron chi connectivity index (χ3n) is 5.14. The zero-order valence-corrected chi connectivity index (χ0v) is 18.2. The van der Waals surface area contributed by atoms with E-state index in [9.17, 15) is 9.59 Å². The van der Waals surface area contributed by atoms with Crippen LogP contribution >= 0.6 is 11.6 Å². The van der Waals surface area contributed by atoms with Gasteiger partial charge in [-0.2, -0.15) is 4.98 Å². The van der Waals surface area contributed by atoms with Gasteiger partial charge in [0.2, 0.25) is 11.9 Å². The van der Waals surface area contributed by atoms with Crippen LogP contribution in [0, 0.1) is 5.92 Å². The van der Waals surface area contributed by atoms with Crippen molar-refractivity contribution < 1.29 is 9.59 Å². The Morgan fingerprint density at radius 1 is 1.16 bits per heavy atom. The number of hydrogen-bond donors (Lipinski definition) is 4. The largest absolute Gasteiger partial charge is 0.365 e. The number of amides is 2. The van der Waals surface area contributed by atoms with Gasteiger partial charge in [-0.3, -0.25) is 9.59 Å². The summed E-state index contributed by atoms with van der Waals surface area (Å²) in [5.74, 6) is -0.0156. The Morgan fingerprint density at radius 2 is 1.91 bits per heavy atom. The van der Waals surface area contributed by atoms with Gasteiger partial charge in [0.1, 0.15) is 5.82 Å². The summed E-state index contributed by atoms with van der Waals surface area (Å²) in [5, 5.41) is 9.61. The van der Waals surface area contributed by atoms with E-state index in [-0.39, 0.29) is 29.4 Å². The van der Waals surface area contributed by atoms with Gasteiger partial charge in [0.25, 0.3) is 5.91 Å². The number of carbonyl (C=O) groups is 2. The van der Waals surface area contributed by atoms with E-state index in [1.54, 1.807) is 18.2 Å². The molecule has 5 N–H and O–H groups in total. The molecule has 1 aliphatic rings. The van der Waals surface area contributed by atoms with Crippen molar-refractivity contribution in [2.24, 2.45) is 11.7 Å². The molecule has 0 aliphatic heterocycles. The first kappa shape index (κ1) is 21.6. The van der Waals surface area contributed by atoms with Crippen molar-refractivity contribution in [3.05, 3.63) is 70.9 Å². The number of nitrogens with two attached hydrogens (primary N) is 1. The van der Waals surface area contributed by atoms with Gasteiger partial charge in [-0.15, -0.1) is 0 Å². The molecule has 2 amide bonds. The van der Waals surface area contributed by atoms with Gasteiger partial charge < -0.3 is 21.7 Å². The molecule has 9 heteroatoms. The summed E-state index contributed by atoms with van der Waals surface area (Å²) in [6.45, 7) is 1.96. The van der Waals surface area contributed by atoms with Gasteiger partial charge in [-0.05, 0) is 43.5 Å². The molecule has 1 heterocycles. The lowest BCUT2D eigenvalue weighted by Gasteiger charge is -2.17. The molecule has 1 fully saturated rings. The first-order valence-electron chi connectivity index (χ1n) is 10.3. The highest BCUT2D eigenvalue weighted by atomic mass is 35.5. The minimum atomic E-state index is -0.629. The van der Waals surface area contributed by atoms with Crippen LogP contribution in [0.1, 0.15) is 41.7 Å². The molecule has 0 spiro atoms. The van der Waals surface area contributed by atoms with E-state index >= 15 is 0 Å². The number of primary amides is 1. The third kappa shape index (κ3) is 5.15. The maximum Gasteiger partial charge on any atom is 0.254 e. The van der Waals surface area contributed by atoms with E-state index < -0.39 is 5.91 Å². The highest BCUT2D eigenvalue weighted by Gasteiger charge is 2.30. The molecule has 1 saturated carbocycles. The molecule has 1 atom stereocenters. The Balaban J connectivity index is 1.55. The topological polar surface area (TPSA) is 122 Å². The van der Waals surface area contributed by atoms with Gasteiger partial charge in [-0.25, -0.2) is 4.98 Å². The van der Waals surface area contributed by atoms with Gasteiger partial charge in [0, 0.05) is 23.8 Å². The van der Waals surface area contributed by atoms with Crippen LogP contribution < -0.4 is 21.7 Å². The lowest BCUT2D eigenvalue weighted by Crippen LogP contribution is -2.18. The number of anilines is 4. The normalized spacial score (nSPS) is 13.8. The zero-order valence-electron chi connectivity index (χ0n) is 17.4. The van der Waals surface area contributed by atoms with Gasteiger partial charge in [0.15, 0.2) is 0 Å². The molecular weight excluding hydrogens is 428 g/mol. The monoisotopic (exact) mass is 450 g/mol. The lowest BCUT2D eigenvalue weighted by atomic mass is 10.1. The number of nitrogens with one attached hydrogen (secondary N) is 3. The van der Waals surface area contributed by atoms with E-state index in [4.69, 9.17) is 17.3 Å². The van der Waals surface area contributed by atoms with E-state index in [2.05, 4.69) is 25.9 Å². The van der Waals surface area contributed by atoms with Crippen LogP contribution in [0.15, 0.2) is 54.7 Å². The van der Waals surface area contributed by atoms with Crippen LogP contribution in [-0.4, -0.2) is 21.8 Å². The standard InChI is InChI=1S/C23H23ClN6O2/c1-13(14-5-3-2-4-6-14)27-21-17(20(25)31)12-26-23(30-21)28-16-9-10-18(24)19(11-16)29-22(32)15-7-8-15/h2-6,9-13,15H,7-8H2,1H3,(H2,25,31)(H,29,32)(H2,26,27,28,30). The number of benzene rings is 2. The maximum atomic E-state index is 12.1. The Morgan fingerprint density at radius 3 is 2.59 bits per heavy atom. The smallest absolute Gasteiger partial charge is 0.254 e. The third-order valence-corrected chi connectivity index (χ3v) is 5.47. The predicted octanol–water partition coefficient (Wildman–Crippen LogP) is 4.49. The minimum absolute atomic E-state index is 0.0347. The quantitative estimate of drug-likeness (QED) is 0.401. The number of carbonyl (C=O) groups excluding carboxylic acids is 2. The minimum Gasteiger partial charge on any atom is -0.365 e. The van der Waals surface area contributed by atoms with Crippen molar-refractivity contribution in [1.82, 2.24) is 9.97 Å². The summed E-state index contributed by atoms with van der Waals surface area (Å²) in [6.07, 6.45) is 3.18. The Bertz CT molecular complexity index is 1150. The van der Waals surface area contributed by atoms with Gasteiger partial charge in [0.05, 0.1) is 16.3 Å². The van der Waals surface area contributed by atoms with E-state index in [0.29, 0.717) is 22.2 Å². The van der Waals surface area contributed by atoms with E-state index in [0.717, 1.165) is 18.4 Å². The second-order valence-corrected chi connectivity index (χ2v) is 8.09. The fourth-order valence-electron chi connectivity index (χ4n) is 3.17. The summed E-state index contributed by atoms with van der Waals surface area (Å²) in [6, 6.07) is 14.8. The maximum absolute atomic E-state index is 12.1. The fourth-order valence-corrected chi connectivity index (χ4v) is 3.34. The number of halogens is 1. The molecule has 0 saturated heterocycles. The van der Waals surface area contributed by atoms with Crippen LogP contribution in [0.25, 0.3) is 0 Å². The van der Waals surface area contributed by atoms with Crippen LogP contribution in [0.4, 0.5) is 23.1 Å². The SMILES string of the molecule is CC(Nc1nc(Nc2ccc(Cl)c(NC(=O)C3CC3)c2)ncc1C(N)=O)c1ccccc1. The van der Waals surface area contributed by atoms with Crippen molar-refractivity contribution >= 4 is 46.6 Å². The summed E-state index contributed by atoms with van der Waals surface area (Å²) < 4.78 is 0. The van der Waals surface area contributed by atoms with Crippen molar-refractivity contribution in [1.29, 1.82) is 0 Å². The molecule has 1 aromatic heterocycles. The van der Waals surface area contributed by atoms with Crippen LogP contribution in [0.3, 0.4) is 0 Å². The average molecular weight is 451 g/mol. The highest BCUT2D eigenvalue weighted by Crippen LogP contribution is 2.33. The molecular formula is C23H23ClN6O2. The summed E-state index contributed by atoms with van der Waals surface area (Å²) >= 11 is 6.23. The number of rotatable bonds is 8. The fraction of sp³-hybridized carbons (Fsp3) is 0.217. The molecule has 0 bridgehead atoms.